The molecule has 23 heavy (non-hydrogen) atoms. The number of rotatable bonds is 6. The van der Waals surface area contributed by atoms with E-state index in [1.165, 1.54) is 0 Å². The summed E-state index contributed by atoms with van der Waals surface area (Å²) >= 11 is 0. The summed E-state index contributed by atoms with van der Waals surface area (Å²) in [6.45, 7) is 7.54. The lowest BCUT2D eigenvalue weighted by Gasteiger charge is -2.19. The lowest BCUT2D eigenvalue weighted by molar-refractivity contribution is 0.253. The van der Waals surface area contributed by atoms with Gasteiger partial charge in [0.25, 0.3) is 0 Å². The lowest BCUT2D eigenvalue weighted by Crippen LogP contribution is -2.37. The molecule has 0 saturated heterocycles. The van der Waals surface area contributed by atoms with Crippen LogP contribution >= 0.6 is 0 Å². The second-order valence-corrected chi connectivity index (χ2v) is 9.10. The maximum atomic E-state index is 12.8. The standard InChI is InChI=1S/C16H29N3O3S/c1-5-12(11-20)18-23(21,22)14-10-19(13-8-6-7-9-13)17-15(14)16(2,3)4/h10,12-13,18,20H,5-9,11H2,1-4H3. The molecule has 1 heterocycles. The van der Waals surface area contributed by atoms with Crippen LogP contribution < -0.4 is 4.72 Å². The summed E-state index contributed by atoms with van der Waals surface area (Å²) in [5, 5.41) is 13.9. The predicted octanol–water partition coefficient (Wildman–Crippen LogP) is 2.34. The molecule has 0 spiro atoms. The fourth-order valence-corrected chi connectivity index (χ4v) is 4.63. The van der Waals surface area contributed by atoms with Crippen LogP contribution in [0.15, 0.2) is 11.1 Å². The molecule has 1 saturated carbocycles. The van der Waals surface area contributed by atoms with Gasteiger partial charge in [0.2, 0.25) is 10.0 Å². The van der Waals surface area contributed by atoms with Gasteiger partial charge >= 0.3 is 0 Å². The number of sulfonamides is 1. The second kappa shape index (κ2) is 6.91. The molecular formula is C16H29N3O3S. The van der Waals surface area contributed by atoms with E-state index in [2.05, 4.69) is 9.82 Å². The smallest absolute Gasteiger partial charge is 0.244 e. The van der Waals surface area contributed by atoms with E-state index in [4.69, 9.17) is 0 Å². The molecule has 1 aliphatic carbocycles. The zero-order valence-electron chi connectivity index (χ0n) is 14.5. The minimum Gasteiger partial charge on any atom is -0.395 e. The fraction of sp³-hybridized carbons (Fsp3) is 0.812. The van der Waals surface area contributed by atoms with Crippen LogP contribution in [0.1, 0.15) is 71.5 Å². The summed E-state index contributed by atoms with van der Waals surface area (Å²) in [7, 11) is -3.70. The molecule has 1 fully saturated rings. The monoisotopic (exact) mass is 343 g/mol. The molecule has 1 unspecified atom stereocenters. The van der Waals surface area contributed by atoms with Crippen LogP contribution in [0.5, 0.6) is 0 Å². The normalized spacial score (nSPS) is 18.5. The molecule has 0 amide bonds. The van der Waals surface area contributed by atoms with Gasteiger partial charge in [0.05, 0.1) is 18.3 Å². The fourth-order valence-electron chi connectivity index (χ4n) is 2.98. The van der Waals surface area contributed by atoms with E-state index in [0.29, 0.717) is 18.2 Å². The first-order valence-electron chi connectivity index (χ1n) is 8.42. The summed E-state index contributed by atoms with van der Waals surface area (Å²) in [6, 6.07) is -0.178. The van der Waals surface area contributed by atoms with Gasteiger partial charge in [-0.15, -0.1) is 0 Å². The Kier molecular flexibility index (Phi) is 5.53. The van der Waals surface area contributed by atoms with E-state index >= 15 is 0 Å². The predicted molar refractivity (Wildman–Crippen MR) is 89.9 cm³/mol. The van der Waals surface area contributed by atoms with Gasteiger partial charge < -0.3 is 5.11 Å². The highest BCUT2D eigenvalue weighted by Gasteiger charge is 2.32. The SMILES string of the molecule is CCC(CO)NS(=O)(=O)c1cn(C2CCCC2)nc1C(C)(C)C. The molecular weight excluding hydrogens is 314 g/mol. The van der Waals surface area contributed by atoms with Crippen molar-refractivity contribution in [3.05, 3.63) is 11.9 Å². The van der Waals surface area contributed by atoms with E-state index in [-0.39, 0.29) is 16.9 Å². The van der Waals surface area contributed by atoms with E-state index in [1.54, 1.807) is 6.20 Å². The van der Waals surface area contributed by atoms with Crippen molar-refractivity contribution in [3.8, 4) is 0 Å². The first-order chi connectivity index (χ1) is 10.7. The van der Waals surface area contributed by atoms with Gasteiger partial charge in [-0.2, -0.15) is 5.10 Å². The molecule has 1 aromatic heterocycles. The number of hydrogen-bond donors (Lipinski definition) is 2. The highest BCUT2D eigenvalue weighted by molar-refractivity contribution is 7.89. The third kappa shape index (κ3) is 4.14. The third-order valence-electron chi connectivity index (χ3n) is 4.43. The van der Waals surface area contributed by atoms with Crippen LogP contribution in [0.2, 0.25) is 0 Å². The summed E-state index contributed by atoms with van der Waals surface area (Å²) < 4.78 is 30.0. The Morgan fingerprint density at radius 3 is 2.48 bits per heavy atom. The highest BCUT2D eigenvalue weighted by atomic mass is 32.2. The van der Waals surface area contributed by atoms with Crippen molar-refractivity contribution >= 4 is 10.0 Å². The largest absolute Gasteiger partial charge is 0.395 e. The van der Waals surface area contributed by atoms with Crippen LogP contribution in [0.25, 0.3) is 0 Å². The number of hydrogen-bond acceptors (Lipinski definition) is 4. The van der Waals surface area contributed by atoms with E-state index in [9.17, 15) is 13.5 Å². The van der Waals surface area contributed by atoms with Gasteiger partial charge in [0.1, 0.15) is 4.90 Å². The molecule has 0 aromatic carbocycles. The molecule has 132 valence electrons. The first-order valence-corrected chi connectivity index (χ1v) is 9.90. The Labute approximate surface area is 139 Å². The van der Waals surface area contributed by atoms with Crippen molar-refractivity contribution in [2.24, 2.45) is 0 Å². The molecule has 7 heteroatoms. The van der Waals surface area contributed by atoms with Crippen molar-refractivity contribution in [1.82, 2.24) is 14.5 Å². The Morgan fingerprint density at radius 2 is 2.00 bits per heavy atom. The number of aliphatic hydroxyl groups excluding tert-OH is 1. The summed E-state index contributed by atoms with van der Waals surface area (Å²) in [4.78, 5) is 0.240. The molecule has 0 aliphatic heterocycles. The van der Waals surface area contributed by atoms with Gasteiger partial charge in [-0.25, -0.2) is 13.1 Å². The van der Waals surface area contributed by atoms with Crippen LogP contribution in [-0.2, 0) is 15.4 Å². The van der Waals surface area contributed by atoms with Gasteiger partial charge in [-0.1, -0.05) is 40.5 Å². The van der Waals surface area contributed by atoms with Crippen molar-refractivity contribution in [3.63, 3.8) is 0 Å². The van der Waals surface area contributed by atoms with Crippen LogP contribution in [0, 0.1) is 0 Å². The summed E-state index contributed by atoms with van der Waals surface area (Å²) in [5.74, 6) is 0. The van der Waals surface area contributed by atoms with Crippen molar-refractivity contribution in [2.75, 3.05) is 6.61 Å². The van der Waals surface area contributed by atoms with Gasteiger partial charge in [-0.05, 0) is 19.3 Å². The van der Waals surface area contributed by atoms with Crippen LogP contribution in [0.4, 0.5) is 0 Å². The molecule has 2 rings (SSSR count). The zero-order chi connectivity index (χ0) is 17.3. The summed E-state index contributed by atoms with van der Waals surface area (Å²) in [6.07, 6.45) is 6.63. The Hall–Kier alpha value is -0.920. The molecule has 0 radical (unpaired) electrons. The maximum absolute atomic E-state index is 12.8. The van der Waals surface area contributed by atoms with Crippen molar-refractivity contribution < 1.29 is 13.5 Å². The number of aromatic nitrogens is 2. The number of nitrogens with one attached hydrogen (secondary N) is 1. The number of nitrogens with zero attached hydrogens (tertiary/aromatic N) is 2. The lowest BCUT2D eigenvalue weighted by atomic mass is 9.92. The maximum Gasteiger partial charge on any atom is 0.244 e. The molecule has 1 atom stereocenters. The van der Waals surface area contributed by atoms with Gasteiger partial charge in [0.15, 0.2) is 0 Å². The Bertz CT molecular complexity index is 621. The zero-order valence-corrected chi connectivity index (χ0v) is 15.4. The minimum absolute atomic E-state index is 0.211. The molecule has 2 N–H and O–H groups in total. The highest BCUT2D eigenvalue weighted by Crippen LogP contribution is 2.33. The van der Waals surface area contributed by atoms with E-state index in [1.807, 2.05) is 32.4 Å². The molecule has 6 nitrogen and oxygen atoms in total. The quantitative estimate of drug-likeness (QED) is 0.830. The van der Waals surface area contributed by atoms with Crippen LogP contribution in [0.3, 0.4) is 0 Å². The van der Waals surface area contributed by atoms with Gasteiger partial charge in [-0.3, -0.25) is 4.68 Å². The Balaban J connectivity index is 2.42. The topological polar surface area (TPSA) is 84.2 Å². The van der Waals surface area contributed by atoms with E-state index in [0.717, 1.165) is 25.7 Å². The summed E-state index contributed by atoms with van der Waals surface area (Å²) in [5.41, 5.74) is 0.221. The van der Waals surface area contributed by atoms with Gasteiger partial charge in [0, 0.05) is 17.7 Å². The molecule has 1 aliphatic rings. The number of aliphatic hydroxyl groups is 1. The minimum atomic E-state index is -3.70. The second-order valence-electron chi connectivity index (χ2n) is 7.42. The average Bonchev–Trinajstić information content (AvgIpc) is 3.12. The molecule has 0 bridgehead atoms. The third-order valence-corrected chi connectivity index (χ3v) is 5.95. The van der Waals surface area contributed by atoms with Crippen molar-refractivity contribution in [2.45, 2.75) is 82.2 Å². The average molecular weight is 343 g/mol. The Morgan fingerprint density at radius 1 is 1.39 bits per heavy atom. The van der Waals surface area contributed by atoms with Crippen molar-refractivity contribution in [1.29, 1.82) is 0 Å². The van der Waals surface area contributed by atoms with E-state index < -0.39 is 16.1 Å². The first kappa shape index (κ1) is 18.4. The van der Waals surface area contributed by atoms with Crippen LogP contribution in [-0.4, -0.2) is 36.0 Å². The molecule has 1 aromatic rings.